The van der Waals surface area contributed by atoms with Gasteiger partial charge in [0.2, 0.25) is 5.91 Å². The second-order valence-corrected chi connectivity index (χ2v) is 5.26. The number of hydrazine groups is 1. The fourth-order valence-corrected chi connectivity index (χ4v) is 2.00. The second-order valence-electron chi connectivity index (χ2n) is 4.85. The summed E-state index contributed by atoms with van der Waals surface area (Å²) in [5.74, 6) is -2.02. The maximum Gasteiger partial charge on any atom is 0.269 e. The first kappa shape index (κ1) is 18.2. The molecule has 0 aliphatic heterocycles. The molecule has 1 amide bonds. The number of halogens is 2. The average Bonchev–Trinajstić information content (AvgIpc) is 2.56. The summed E-state index contributed by atoms with van der Waals surface area (Å²) in [4.78, 5) is 21.8. The number of carbonyl (C=O) groups excluding carboxylic acids is 1. The predicted octanol–water partition coefficient (Wildman–Crippen LogP) is 2.43. The summed E-state index contributed by atoms with van der Waals surface area (Å²) in [7, 11) is 0. The molecule has 2 aromatic carbocycles. The highest BCUT2D eigenvalue weighted by atomic mass is 32.1. The van der Waals surface area contributed by atoms with Gasteiger partial charge in [-0.3, -0.25) is 25.8 Å². The smallest absolute Gasteiger partial charge is 0.269 e. The lowest BCUT2D eigenvalue weighted by atomic mass is 10.1. The molecule has 0 fully saturated rings. The van der Waals surface area contributed by atoms with Gasteiger partial charge in [-0.25, -0.2) is 8.78 Å². The highest BCUT2D eigenvalue weighted by Gasteiger charge is 2.09. The van der Waals surface area contributed by atoms with Gasteiger partial charge in [0, 0.05) is 18.2 Å². The minimum absolute atomic E-state index is 0.0431. The van der Waals surface area contributed by atoms with Crippen LogP contribution in [0.3, 0.4) is 0 Å². The monoisotopic (exact) mass is 366 g/mol. The van der Waals surface area contributed by atoms with Crippen molar-refractivity contribution >= 4 is 34.6 Å². The van der Waals surface area contributed by atoms with E-state index >= 15 is 0 Å². The third kappa shape index (κ3) is 5.46. The normalized spacial score (nSPS) is 10.0. The lowest BCUT2D eigenvalue weighted by Crippen LogP contribution is -2.44. The van der Waals surface area contributed by atoms with Crippen LogP contribution in [-0.4, -0.2) is 15.9 Å². The molecule has 0 atom stereocenters. The van der Waals surface area contributed by atoms with Crippen molar-refractivity contribution < 1.29 is 18.5 Å². The summed E-state index contributed by atoms with van der Waals surface area (Å²) >= 11 is 4.88. The molecule has 2 aromatic rings. The molecule has 0 saturated heterocycles. The quantitative estimate of drug-likeness (QED) is 0.437. The Morgan fingerprint density at radius 3 is 2.40 bits per heavy atom. The van der Waals surface area contributed by atoms with Crippen molar-refractivity contribution in [3.63, 3.8) is 0 Å². The van der Waals surface area contributed by atoms with Crippen LogP contribution < -0.4 is 16.2 Å². The Morgan fingerprint density at radius 1 is 1.12 bits per heavy atom. The van der Waals surface area contributed by atoms with Crippen LogP contribution in [0.4, 0.5) is 20.2 Å². The van der Waals surface area contributed by atoms with Gasteiger partial charge in [-0.15, -0.1) is 0 Å². The molecule has 0 saturated carbocycles. The Morgan fingerprint density at radius 2 is 1.80 bits per heavy atom. The highest BCUT2D eigenvalue weighted by Crippen LogP contribution is 2.14. The summed E-state index contributed by atoms with van der Waals surface area (Å²) in [6.45, 7) is 0. The van der Waals surface area contributed by atoms with E-state index in [0.29, 0.717) is 11.6 Å². The number of amides is 1. The standard InChI is InChI=1S/C15H12F2N4O3S/c16-10-3-6-13(12(17)8-10)18-15(25)20-19-14(22)7-9-1-4-11(5-2-9)21(23)24/h1-6,8H,7H2,(H,19,22)(H2,18,20,25). The van der Waals surface area contributed by atoms with Crippen LogP contribution in [0.25, 0.3) is 0 Å². The Kier molecular flexibility index (Phi) is 5.90. The molecule has 0 aromatic heterocycles. The summed E-state index contributed by atoms with van der Waals surface area (Å²) in [5.41, 5.74) is 5.11. The zero-order valence-corrected chi connectivity index (χ0v) is 13.4. The van der Waals surface area contributed by atoms with E-state index in [1.165, 1.54) is 24.3 Å². The molecular formula is C15H12F2N4O3S. The van der Waals surface area contributed by atoms with Crippen LogP contribution in [0.15, 0.2) is 42.5 Å². The van der Waals surface area contributed by atoms with Crippen molar-refractivity contribution in [3.8, 4) is 0 Å². The number of non-ortho nitro benzene ring substituents is 1. The zero-order valence-electron chi connectivity index (χ0n) is 12.6. The second kappa shape index (κ2) is 8.11. The van der Waals surface area contributed by atoms with Crippen molar-refractivity contribution in [3.05, 3.63) is 69.8 Å². The van der Waals surface area contributed by atoms with Crippen molar-refractivity contribution in [2.24, 2.45) is 0 Å². The Hall–Kier alpha value is -3.14. The molecule has 25 heavy (non-hydrogen) atoms. The molecule has 0 aliphatic rings. The van der Waals surface area contributed by atoms with Crippen LogP contribution in [0.5, 0.6) is 0 Å². The van der Waals surface area contributed by atoms with E-state index in [4.69, 9.17) is 12.2 Å². The fourth-order valence-electron chi connectivity index (χ4n) is 1.84. The minimum Gasteiger partial charge on any atom is -0.329 e. The van der Waals surface area contributed by atoms with Crippen molar-refractivity contribution in [1.29, 1.82) is 0 Å². The minimum atomic E-state index is -0.832. The molecule has 0 spiro atoms. The van der Waals surface area contributed by atoms with Gasteiger partial charge in [0.15, 0.2) is 5.11 Å². The van der Waals surface area contributed by atoms with Gasteiger partial charge in [-0.2, -0.15) is 0 Å². The molecule has 0 aliphatic carbocycles. The molecule has 3 N–H and O–H groups in total. The lowest BCUT2D eigenvalue weighted by molar-refractivity contribution is -0.384. The topological polar surface area (TPSA) is 96.3 Å². The molecule has 0 radical (unpaired) electrons. The van der Waals surface area contributed by atoms with Crippen LogP contribution in [0.1, 0.15) is 5.56 Å². The number of thiocarbonyl (C=S) groups is 1. The maximum absolute atomic E-state index is 13.5. The van der Waals surface area contributed by atoms with E-state index in [1.807, 2.05) is 0 Å². The predicted molar refractivity (Wildman–Crippen MR) is 90.7 cm³/mol. The number of nitro benzene ring substituents is 1. The number of hydrogen-bond acceptors (Lipinski definition) is 4. The summed E-state index contributed by atoms with van der Waals surface area (Å²) in [6.07, 6.45) is -0.0431. The van der Waals surface area contributed by atoms with Crippen molar-refractivity contribution in [2.75, 3.05) is 5.32 Å². The Balaban J connectivity index is 1.82. The molecule has 2 rings (SSSR count). The van der Waals surface area contributed by atoms with Gasteiger partial charge in [0.05, 0.1) is 17.0 Å². The van der Waals surface area contributed by atoms with Gasteiger partial charge in [-0.1, -0.05) is 12.1 Å². The first-order chi connectivity index (χ1) is 11.8. The number of nitrogens with zero attached hydrogens (tertiary/aromatic N) is 1. The number of benzene rings is 2. The Labute approximate surface area is 146 Å². The molecule has 7 nitrogen and oxygen atoms in total. The molecule has 0 heterocycles. The van der Waals surface area contributed by atoms with E-state index in [2.05, 4.69) is 16.2 Å². The summed E-state index contributed by atoms with van der Waals surface area (Å²) < 4.78 is 26.3. The van der Waals surface area contributed by atoms with E-state index in [1.54, 1.807) is 0 Å². The van der Waals surface area contributed by atoms with Gasteiger partial charge in [0.25, 0.3) is 5.69 Å². The molecular weight excluding hydrogens is 354 g/mol. The number of nitro groups is 1. The zero-order chi connectivity index (χ0) is 18.4. The van der Waals surface area contributed by atoms with Crippen LogP contribution >= 0.6 is 12.2 Å². The number of carbonyl (C=O) groups is 1. The van der Waals surface area contributed by atoms with Crippen molar-refractivity contribution in [1.82, 2.24) is 10.9 Å². The molecule has 0 unspecified atom stereocenters. The largest absolute Gasteiger partial charge is 0.329 e. The first-order valence-electron chi connectivity index (χ1n) is 6.89. The van der Waals surface area contributed by atoms with Crippen LogP contribution in [-0.2, 0) is 11.2 Å². The van der Waals surface area contributed by atoms with Gasteiger partial charge in [-0.05, 0) is 29.9 Å². The van der Waals surface area contributed by atoms with Crippen LogP contribution in [0.2, 0.25) is 0 Å². The number of hydrogen-bond donors (Lipinski definition) is 3. The Bertz CT molecular complexity index is 815. The van der Waals surface area contributed by atoms with E-state index in [0.717, 1.165) is 12.1 Å². The first-order valence-corrected chi connectivity index (χ1v) is 7.30. The SMILES string of the molecule is O=C(Cc1ccc([N+](=O)[O-])cc1)NNC(=S)Nc1ccc(F)cc1F. The molecule has 130 valence electrons. The van der Waals surface area contributed by atoms with E-state index < -0.39 is 22.5 Å². The van der Waals surface area contributed by atoms with Crippen LogP contribution in [0, 0.1) is 21.7 Å². The highest BCUT2D eigenvalue weighted by molar-refractivity contribution is 7.80. The third-order valence-electron chi connectivity index (χ3n) is 3.01. The number of nitrogens with one attached hydrogen (secondary N) is 3. The van der Waals surface area contributed by atoms with E-state index in [9.17, 15) is 23.7 Å². The number of rotatable bonds is 4. The third-order valence-corrected chi connectivity index (χ3v) is 3.21. The fraction of sp³-hybridized carbons (Fsp3) is 0.0667. The number of anilines is 1. The van der Waals surface area contributed by atoms with Gasteiger partial charge in [0.1, 0.15) is 11.6 Å². The molecule has 0 bridgehead atoms. The lowest BCUT2D eigenvalue weighted by Gasteiger charge is -2.12. The molecule has 10 heteroatoms. The van der Waals surface area contributed by atoms with Gasteiger partial charge < -0.3 is 5.32 Å². The summed E-state index contributed by atoms with van der Waals surface area (Å²) in [6, 6.07) is 8.42. The van der Waals surface area contributed by atoms with Crippen molar-refractivity contribution in [2.45, 2.75) is 6.42 Å². The van der Waals surface area contributed by atoms with E-state index in [-0.39, 0.29) is 22.9 Å². The average molecular weight is 366 g/mol. The summed E-state index contributed by atoms with van der Waals surface area (Å²) in [5, 5.41) is 12.9. The maximum atomic E-state index is 13.5. The van der Waals surface area contributed by atoms with Gasteiger partial charge >= 0.3 is 0 Å².